The highest BCUT2D eigenvalue weighted by molar-refractivity contribution is 7.90. The van der Waals surface area contributed by atoms with Gasteiger partial charge in [0, 0.05) is 18.7 Å². The van der Waals surface area contributed by atoms with Gasteiger partial charge in [0.05, 0.1) is 12.0 Å². The molecule has 0 saturated carbocycles. The molecule has 1 heterocycles. The highest BCUT2D eigenvalue weighted by atomic mass is 32.2. The molecule has 0 unspecified atom stereocenters. The van der Waals surface area contributed by atoms with Gasteiger partial charge in [0.15, 0.2) is 0 Å². The third-order valence-corrected chi connectivity index (χ3v) is 6.31. The number of fused-ring (bicyclic) bond motifs is 1. The van der Waals surface area contributed by atoms with Crippen LogP contribution in [-0.4, -0.2) is 21.4 Å². The largest absolute Gasteiger partial charge is 0.497 e. The second kappa shape index (κ2) is 7.72. The summed E-state index contributed by atoms with van der Waals surface area (Å²) in [4.78, 5) is 2.18. The van der Waals surface area contributed by atoms with E-state index in [4.69, 9.17) is 4.74 Å². The maximum atomic E-state index is 12.9. The molecule has 1 aliphatic rings. The normalized spacial score (nSPS) is 14.8. The van der Waals surface area contributed by atoms with Crippen LogP contribution in [0.1, 0.15) is 16.7 Å². The minimum atomic E-state index is -3.79. The lowest BCUT2D eigenvalue weighted by Gasteiger charge is -2.20. The van der Waals surface area contributed by atoms with Crippen LogP contribution >= 0.6 is 0 Å². The lowest BCUT2D eigenvalue weighted by Crippen LogP contribution is -2.27. The number of hydrogen-bond donors (Lipinski definition) is 0. The lowest BCUT2D eigenvalue weighted by molar-refractivity contribution is 0.414. The number of amidine groups is 1. The Bertz CT molecular complexity index is 1150. The van der Waals surface area contributed by atoms with Crippen molar-refractivity contribution in [3.05, 3.63) is 89.5 Å². The quantitative estimate of drug-likeness (QED) is 0.632. The highest BCUT2D eigenvalue weighted by Crippen LogP contribution is 2.32. The molecule has 3 aromatic rings. The van der Waals surface area contributed by atoms with Gasteiger partial charge < -0.3 is 9.64 Å². The minimum Gasteiger partial charge on any atom is -0.497 e. The van der Waals surface area contributed by atoms with Crippen molar-refractivity contribution >= 4 is 21.5 Å². The number of aryl methyl sites for hydroxylation is 1. The van der Waals surface area contributed by atoms with Gasteiger partial charge in [0.25, 0.3) is 10.0 Å². The molecule has 0 aliphatic carbocycles. The Hall–Kier alpha value is -3.12. The molecule has 0 bridgehead atoms. The van der Waals surface area contributed by atoms with E-state index in [0.717, 1.165) is 28.1 Å². The first-order valence-corrected chi connectivity index (χ1v) is 10.8. The zero-order valence-electron chi connectivity index (χ0n) is 16.4. The third kappa shape index (κ3) is 4.03. The standard InChI is InChI=1S/C23H22N2O3S/c1-17-7-13-21(14-8-17)29(26,27)24-23-15-19-5-3-4-6-22(19)25(23)16-18-9-11-20(28-2)12-10-18/h3-14H,15-16H2,1-2H3/b24-23+. The summed E-state index contributed by atoms with van der Waals surface area (Å²) < 4.78 is 35.2. The molecule has 148 valence electrons. The second-order valence-electron chi connectivity index (χ2n) is 7.04. The SMILES string of the molecule is COc1ccc(CN2/C(=N/S(=O)(=O)c3ccc(C)cc3)Cc3ccccc32)cc1. The fourth-order valence-corrected chi connectivity index (χ4v) is 4.43. The van der Waals surface area contributed by atoms with E-state index in [2.05, 4.69) is 4.40 Å². The molecule has 0 amide bonds. The fourth-order valence-electron chi connectivity index (χ4n) is 3.40. The molecule has 5 nitrogen and oxygen atoms in total. The van der Waals surface area contributed by atoms with E-state index in [1.165, 1.54) is 0 Å². The summed E-state index contributed by atoms with van der Waals surface area (Å²) in [6, 6.07) is 22.5. The summed E-state index contributed by atoms with van der Waals surface area (Å²) in [7, 11) is -2.16. The summed E-state index contributed by atoms with van der Waals surface area (Å²) in [5, 5.41) is 0. The molecule has 6 heteroatoms. The Morgan fingerprint density at radius 1 is 0.966 bits per heavy atom. The van der Waals surface area contributed by atoms with Crippen LogP contribution in [0.25, 0.3) is 0 Å². The summed E-state index contributed by atoms with van der Waals surface area (Å²) in [5.41, 5.74) is 4.11. The van der Waals surface area contributed by atoms with E-state index in [9.17, 15) is 8.42 Å². The van der Waals surface area contributed by atoms with Gasteiger partial charge in [0.1, 0.15) is 11.6 Å². The van der Waals surface area contributed by atoms with Gasteiger partial charge in [-0.1, -0.05) is 48.0 Å². The van der Waals surface area contributed by atoms with E-state index in [0.29, 0.717) is 18.8 Å². The smallest absolute Gasteiger partial charge is 0.283 e. The number of para-hydroxylation sites is 1. The van der Waals surface area contributed by atoms with Crippen LogP contribution in [0.15, 0.2) is 82.1 Å². The Kier molecular flexibility index (Phi) is 5.11. The number of sulfonamides is 1. The first kappa shape index (κ1) is 19.2. The zero-order chi connectivity index (χ0) is 20.4. The molecule has 0 radical (unpaired) electrons. The van der Waals surface area contributed by atoms with E-state index >= 15 is 0 Å². The van der Waals surface area contributed by atoms with Crippen LogP contribution in [0.2, 0.25) is 0 Å². The van der Waals surface area contributed by atoms with Crippen molar-refractivity contribution < 1.29 is 13.2 Å². The summed E-state index contributed by atoms with van der Waals surface area (Å²) >= 11 is 0. The average molecular weight is 407 g/mol. The molecule has 0 saturated heterocycles. The monoisotopic (exact) mass is 406 g/mol. The van der Waals surface area contributed by atoms with Crippen molar-refractivity contribution in [3.63, 3.8) is 0 Å². The third-order valence-electron chi connectivity index (χ3n) is 4.99. The molecule has 0 atom stereocenters. The van der Waals surface area contributed by atoms with Gasteiger partial charge in [-0.2, -0.15) is 8.42 Å². The summed E-state index contributed by atoms with van der Waals surface area (Å²) in [6.07, 6.45) is 0.484. The van der Waals surface area contributed by atoms with Crippen LogP contribution in [0, 0.1) is 6.92 Å². The van der Waals surface area contributed by atoms with E-state index in [-0.39, 0.29) is 4.90 Å². The number of anilines is 1. The van der Waals surface area contributed by atoms with Crippen molar-refractivity contribution in [1.29, 1.82) is 0 Å². The first-order valence-electron chi connectivity index (χ1n) is 9.35. The molecule has 1 aliphatic heterocycles. The average Bonchev–Trinajstić information content (AvgIpc) is 3.05. The molecule has 0 spiro atoms. The molecule has 29 heavy (non-hydrogen) atoms. The molecular formula is C23H22N2O3S. The first-order chi connectivity index (χ1) is 14.0. The van der Waals surface area contributed by atoms with Crippen molar-refractivity contribution in [2.45, 2.75) is 24.8 Å². The Morgan fingerprint density at radius 3 is 2.34 bits per heavy atom. The predicted molar refractivity (Wildman–Crippen MR) is 115 cm³/mol. The van der Waals surface area contributed by atoms with Crippen LogP contribution < -0.4 is 9.64 Å². The van der Waals surface area contributed by atoms with E-state index in [1.54, 1.807) is 31.4 Å². The Morgan fingerprint density at radius 2 is 1.66 bits per heavy atom. The Labute approximate surface area is 171 Å². The topological polar surface area (TPSA) is 59.0 Å². The van der Waals surface area contributed by atoms with Crippen LogP contribution in [-0.2, 0) is 23.0 Å². The number of benzene rings is 3. The number of rotatable bonds is 5. The van der Waals surface area contributed by atoms with E-state index < -0.39 is 10.0 Å². The van der Waals surface area contributed by atoms with Gasteiger partial charge in [-0.15, -0.1) is 4.40 Å². The van der Waals surface area contributed by atoms with Crippen LogP contribution in [0.4, 0.5) is 5.69 Å². The summed E-state index contributed by atoms with van der Waals surface area (Å²) in [6.45, 7) is 2.45. The summed E-state index contributed by atoms with van der Waals surface area (Å²) in [5.74, 6) is 1.31. The number of ether oxygens (including phenoxy) is 1. The zero-order valence-corrected chi connectivity index (χ0v) is 17.2. The van der Waals surface area contributed by atoms with Gasteiger partial charge in [0.2, 0.25) is 0 Å². The van der Waals surface area contributed by atoms with Crippen LogP contribution in [0.5, 0.6) is 5.75 Å². The van der Waals surface area contributed by atoms with E-state index in [1.807, 2.05) is 60.4 Å². The fraction of sp³-hybridized carbons (Fsp3) is 0.174. The van der Waals surface area contributed by atoms with Crippen molar-refractivity contribution in [2.75, 3.05) is 12.0 Å². The van der Waals surface area contributed by atoms with Gasteiger partial charge >= 0.3 is 0 Å². The van der Waals surface area contributed by atoms with Crippen molar-refractivity contribution in [3.8, 4) is 5.75 Å². The maximum absolute atomic E-state index is 12.9. The molecule has 0 aromatic heterocycles. The maximum Gasteiger partial charge on any atom is 0.283 e. The van der Waals surface area contributed by atoms with Crippen molar-refractivity contribution in [2.24, 2.45) is 4.40 Å². The predicted octanol–water partition coefficient (Wildman–Crippen LogP) is 4.35. The number of methoxy groups -OCH3 is 1. The number of nitrogens with zero attached hydrogens (tertiary/aromatic N) is 2. The van der Waals surface area contributed by atoms with Crippen molar-refractivity contribution in [1.82, 2.24) is 0 Å². The van der Waals surface area contributed by atoms with Gasteiger partial charge in [-0.25, -0.2) is 0 Å². The molecular weight excluding hydrogens is 384 g/mol. The second-order valence-corrected chi connectivity index (χ2v) is 8.64. The highest BCUT2D eigenvalue weighted by Gasteiger charge is 2.28. The minimum absolute atomic E-state index is 0.205. The van der Waals surface area contributed by atoms with Crippen LogP contribution in [0.3, 0.4) is 0 Å². The molecule has 0 fully saturated rings. The van der Waals surface area contributed by atoms with Gasteiger partial charge in [-0.3, -0.25) is 0 Å². The lowest BCUT2D eigenvalue weighted by atomic mass is 10.1. The van der Waals surface area contributed by atoms with Gasteiger partial charge in [-0.05, 0) is 48.4 Å². The molecule has 4 rings (SSSR count). The number of hydrogen-bond acceptors (Lipinski definition) is 3. The Balaban J connectivity index is 1.71. The molecule has 3 aromatic carbocycles. The molecule has 0 N–H and O–H groups in total.